The first-order valence-electron chi connectivity index (χ1n) is 9.72. The lowest BCUT2D eigenvalue weighted by Gasteiger charge is -2.55. The number of fused-ring (bicyclic) bond motifs is 1. The van der Waals surface area contributed by atoms with E-state index >= 15 is 0 Å². The third kappa shape index (κ3) is 2.53. The predicted molar refractivity (Wildman–Crippen MR) is 98.6 cm³/mol. The Morgan fingerprint density at radius 1 is 1.04 bits per heavy atom. The lowest BCUT2D eigenvalue weighted by molar-refractivity contribution is -0.144. The number of benzene rings is 1. The van der Waals surface area contributed by atoms with Gasteiger partial charge in [0.15, 0.2) is 11.5 Å². The van der Waals surface area contributed by atoms with E-state index in [0.29, 0.717) is 28.5 Å². The van der Waals surface area contributed by atoms with Gasteiger partial charge in [-0.2, -0.15) is 5.10 Å². The van der Waals surface area contributed by atoms with E-state index in [0.717, 1.165) is 23.9 Å². The first-order chi connectivity index (χ1) is 12.9. The number of carbonyl (C=O) groups excluding carboxylic acids is 1. The minimum atomic E-state index is -1.19. The molecule has 0 spiro atoms. The molecule has 140 valence electrons. The highest BCUT2D eigenvalue weighted by atomic mass is 16.4. The molecule has 0 aliphatic heterocycles. The maximum Gasteiger partial charge on any atom is 0.357 e. The number of carbonyl (C=O) groups is 2. The minimum Gasteiger partial charge on any atom is -0.476 e. The maximum atomic E-state index is 13.3. The van der Waals surface area contributed by atoms with E-state index in [1.54, 1.807) is 24.3 Å². The van der Waals surface area contributed by atoms with Gasteiger partial charge in [0, 0.05) is 10.8 Å². The quantitative estimate of drug-likeness (QED) is 0.899. The van der Waals surface area contributed by atoms with Crippen LogP contribution in [0, 0.1) is 23.2 Å². The van der Waals surface area contributed by atoms with Gasteiger partial charge in [-0.05, 0) is 62.3 Å². The molecular formula is C21H22N2O4. The smallest absolute Gasteiger partial charge is 0.357 e. The van der Waals surface area contributed by atoms with Crippen LogP contribution in [0.2, 0.25) is 0 Å². The molecule has 4 bridgehead atoms. The van der Waals surface area contributed by atoms with Crippen molar-refractivity contribution < 1.29 is 14.7 Å². The number of carboxylic acid groups (broad SMARTS) is 1. The molecule has 6 rings (SSSR count). The molecule has 0 amide bonds. The second-order valence-electron chi connectivity index (χ2n) is 8.78. The van der Waals surface area contributed by atoms with Crippen molar-refractivity contribution in [3.05, 3.63) is 40.3 Å². The van der Waals surface area contributed by atoms with Crippen molar-refractivity contribution in [2.75, 3.05) is 0 Å². The summed E-state index contributed by atoms with van der Waals surface area (Å²) in [6, 6.07) is 6.55. The van der Waals surface area contributed by atoms with Gasteiger partial charge >= 0.3 is 5.97 Å². The Morgan fingerprint density at radius 2 is 1.59 bits per heavy atom. The molecule has 4 aliphatic carbocycles. The van der Waals surface area contributed by atoms with Crippen molar-refractivity contribution in [3.8, 4) is 0 Å². The monoisotopic (exact) mass is 366 g/mol. The highest BCUT2D eigenvalue weighted by Crippen LogP contribution is 2.60. The van der Waals surface area contributed by atoms with Gasteiger partial charge in [-0.1, -0.05) is 18.2 Å². The zero-order valence-corrected chi connectivity index (χ0v) is 15.1. The van der Waals surface area contributed by atoms with E-state index in [-0.39, 0.29) is 23.4 Å². The average Bonchev–Trinajstić information content (AvgIpc) is 2.62. The molecule has 4 saturated carbocycles. The number of hydrogen-bond acceptors (Lipinski definition) is 4. The Bertz CT molecular complexity index is 987. The summed E-state index contributed by atoms with van der Waals surface area (Å²) in [6.07, 6.45) is 6.49. The Kier molecular flexibility index (Phi) is 3.55. The van der Waals surface area contributed by atoms with Crippen molar-refractivity contribution in [1.82, 2.24) is 9.78 Å². The number of aromatic nitrogens is 2. The van der Waals surface area contributed by atoms with E-state index in [2.05, 4.69) is 5.10 Å². The highest BCUT2D eigenvalue weighted by molar-refractivity contribution is 6.01. The Balaban J connectivity index is 1.53. The van der Waals surface area contributed by atoms with Crippen LogP contribution >= 0.6 is 0 Å². The van der Waals surface area contributed by atoms with E-state index in [1.165, 1.54) is 19.3 Å². The molecule has 4 aliphatic rings. The molecule has 1 aromatic heterocycles. The molecule has 6 nitrogen and oxygen atoms in total. The van der Waals surface area contributed by atoms with Gasteiger partial charge in [0.25, 0.3) is 5.56 Å². The number of rotatable bonds is 4. The summed E-state index contributed by atoms with van der Waals surface area (Å²) < 4.78 is 1.08. The first kappa shape index (κ1) is 16.7. The van der Waals surface area contributed by atoms with Crippen molar-refractivity contribution in [1.29, 1.82) is 0 Å². The van der Waals surface area contributed by atoms with Crippen molar-refractivity contribution in [2.24, 2.45) is 23.2 Å². The van der Waals surface area contributed by atoms with Crippen LogP contribution in [0.3, 0.4) is 0 Å². The largest absolute Gasteiger partial charge is 0.476 e. The SMILES string of the molecule is O=C(O)c1nn(CC(=O)C23CC4CC(CC(C4)C2)C3)c(=O)c2ccccc12. The average molecular weight is 366 g/mol. The van der Waals surface area contributed by atoms with Gasteiger partial charge in [-0.25, -0.2) is 9.48 Å². The molecule has 0 atom stereocenters. The normalized spacial score (nSPS) is 31.3. The molecule has 27 heavy (non-hydrogen) atoms. The predicted octanol–water partition coefficient (Wildman–Crippen LogP) is 2.88. The molecule has 0 unspecified atom stereocenters. The number of Topliss-reactive ketones (excluding diaryl/α,β-unsaturated/α-hetero) is 1. The van der Waals surface area contributed by atoms with Crippen LogP contribution in [-0.4, -0.2) is 26.6 Å². The van der Waals surface area contributed by atoms with Gasteiger partial charge in [0.2, 0.25) is 0 Å². The van der Waals surface area contributed by atoms with Crippen LogP contribution in [0.4, 0.5) is 0 Å². The Morgan fingerprint density at radius 3 is 2.15 bits per heavy atom. The van der Waals surface area contributed by atoms with Crippen LogP contribution in [0.15, 0.2) is 29.1 Å². The fraction of sp³-hybridized carbons (Fsp3) is 0.524. The van der Waals surface area contributed by atoms with Crippen LogP contribution in [-0.2, 0) is 11.3 Å². The third-order valence-electron chi connectivity index (χ3n) is 6.99. The van der Waals surface area contributed by atoms with E-state index in [9.17, 15) is 19.5 Å². The first-order valence-corrected chi connectivity index (χ1v) is 9.72. The van der Waals surface area contributed by atoms with Gasteiger partial charge in [0.1, 0.15) is 6.54 Å². The maximum absolute atomic E-state index is 13.3. The third-order valence-corrected chi connectivity index (χ3v) is 6.99. The van der Waals surface area contributed by atoms with Gasteiger partial charge < -0.3 is 5.11 Å². The second-order valence-corrected chi connectivity index (χ2v) is 8.78. The Hall–Kier alpha value is -2.50. The van der Waals surface area contributed by atoms with Gasteiger partial charge in [-0.15, -0.1) is 0 Å². The summed E-state index contributed by atoms with van der Waals surface area (Å²) in [5.41, 5.74) is -0.901. The summed E-state index contributed by atoms with van der Waals surface area (Å²) in [6.45, 7) is -0.129. The summed E-state index contributed by atoms with van der Waals surface area (Å²) in [4.78, 5) is 37.7. The zero-order valence-electron chi connectivity index (χ0n) is 15.1. The fourth-order valence-corrected chi connectivity index (χ4v) is 6.26. The number of carboxylic acids is 1. The van der Waals surface area contributed by atoms with Crippen LogP contribution < -0.4 is 5.56 Å². The lowest BCUT2D eigenvalue weighted by atomic mass is 9.48. The van der Waals surface area contributed by atoms with E-state index in [1.807, 2.05) is 0 Å². The fourth-order valence-electron chi connectivity index (χ4n) is 6.26. The number of nitrogens with zero attached hydrogens (tertiary/aromatic N) is 2. The molecular weight excluding hydrogens is 344 g/mol. The topological polar surface area (TPSA) is 89.3 Å². The minimum absolute atomic E-state index is 0.0582. The van der Waals surface area contributed by atoms with Crippen LogP contribution in [0.5, 0.6) is 0 Å². The zero-order chi connectivity index (χ0) is 18.8. The summed E-state index contributed by atoms with van der Waals surface area (Å²) in [5.74, 6) is 0.771. The number of aromatic carboxylic acids is 1. The Labute approximate surface area is 156 Å². The molecule has 1 heterocycles. The molecule has 4 fully saturated rings. The standard InChI is InChI=1S/C21H22N2O4/c24-17(21-8-12-5-13(9-21)7-14(6-12)10-21)11-23-19(25)16-4-2-1-3-15(16)18(22-23)20(26)27/h1-4,12-14H,5-11H2,(H,26,27). The summed E-state index contributed by atoms with van der Waals surface area (Å²) in [5, 5.41) is 14.2. The van der Waals surface area contributed by atoms with Gasteiger partial charge in [0.05, 0.1) is 5.39 Å². The lowest BCUT2D eigenvalue weighted by Crippen LogP contribution is -2.51. The molecule has 1 aromatic carbocycles. The van der Waals surface area contributed by atoms with Crippen molar-refractivity contribution in [3.63, 3.8) is 0 Å². The number of ketones is 1. The van der Waals surface area contributed by atoms with Gasteiger partial charge in [-0.3, -0.25) is 9.59 Å². The van der Waals surface area contributed by atoms with Crippen molar-refractivity contribution in [2.45, 2.75) is 45.1 Å². The van der Waals surface area contributed by atoms with E-state index in [4.69, 9.17) is 0 Å². The van der Waals surface area contributed by atoms with Crippen LogP contribution in [0.25, 0.3) is 10.8 Å². The molecule has 1 N–H and O–H groups in total. The van der Waals surface area contributed by atoms with Crippen LogP contribution in [0.1, 0.15) is 49.0 Å². The van der Waals surface area contributed by atoms with E-state index < -0.39 is 11.5 Å². The highest BCUT2D eigenvalue weighted by Gasteiger charge is 2.54. The summed E-state index contributed by atoms with van der Waals surface area (Å²) >= 11 is 0. The van der Waals surface area contributed by atoms with Crippen molar-refractivity contribution >= 4 is 22.5 Å². The molecule has 0 saturated heterocycles. The number of hydrogen-bond donors (Lipinski definition) is 1. The molecule has 2 aromatic rings. The molecule has 6 heteroatoms. The second kappa shape index (κ2) is 5.75. The molecule has 0 radical (unpaired) electrons. The summed E-state index contributed by atoms with van der Waals surface area (Å²) in [7, 11) is 0.